The number of hydrogen-bond acceptors (Lipinski definition) is 2. The molecule has 0 radical (unpaired) electrons. The average Bonchev–Trinajstić information content (AvgIpc) is 2.14. The highest BCUT2D eigenvalue weighted by atomic mass is 32.1. The molecule has 0 aliphatic carbocycles. The van der Waals surface area contributed by atoms with Crippen LogP contribution in [0.3, 0.4) is 0 Å². The lowest BCUT2D eigenvalue weighted by molar-refractivity contribution is 1.11. The van der Waals surface area contributed by atoms with E-state index in [9.17, 15) is 0 Å². The van der Waals surface area contributed by atoms with E-state index in [0.717, 1.165) is 11.5 Å². The molecule has 0 amide bonds. The van der Waals surface area contributed by atoms with Gasteiger partial charge in [0.15, 0.2) is 0 Å². The Labute approximate surface area is 53.7 Å². The van der Waals surface area contributed by atoms with Gasteiger partial charge in [0.2, 0.25) is 0 Å². The molecule has 1 rings (SSSR count). The van der Waals surface area contributed by atoms with Crippen LogP contribution < -0.4 is 0 Å². The van der Waals surface area contributed by atoms with Crippen LogP contribution in [-0.4, -0.2) is 9.97 Å². The number of aromatic nitrogens is 2. The molecule has 0 unspecified atom stereocenters. The minimum atomic E-state index is 0.688. The van der Waals surface area contributed by atoms with E-state index < -0.39 is 0 Å². The van der Waals surface area contributed by atoms with Crippen LogP contribution in [0.5, 0.6) is 0 Å². The standard InChI is InChI=1S/C5H8N2S/c1-4-2-6-5(3-8)7-4/h2,8H,3H2,1H3,(H,6,7). The fourth-order valence-corrected chi connectivity index (χ4v) is 0.708. The molecular formula is C5H8N2S. The quantitative estimate of drug-likeness (QED) is 0.546. The summed E-state index contributed by atoms with van der Waals surface area (Å²) in [5.41, 5.74) is 1.09. The van der Waals surface area contributed by atoms with Crippen molar-refractivity contribution in [3.05, 3.63) is 17.7 Å². The molecule has 1 N–H and O–H groups in total. The molecule has 44 valence electrons. The van der Waals surface area contributed by atoms with Gasteiger partial charge in [0.25, 0.3) is 0 Å². The molecule has 1 aromatic heterocycles. The minimum Gasteiger partial charge on any atom is -0.345 e. The molecule has 0 spiro atoms. The Hall–Kier alpha value is -0.440. The lowest BCUT2D eigenvalue weighted by Gasteiger charge is -1.81. The lowest BCUT2D eigenvalue weighted by Crippen LogP contribution is -1.78. The number of nitrogens with one attached hydrogen (secondary N) is 1. The van der Waals surface area contributed by atoms with Crippen molar-refractivity contribution in [2.45, 2.75) is 12.7 Å². The Morgan fingerprint density at radius 1 is 1.88 bits per heavy atom. The molecule has 8 heavy (non-hydrogen) atoms. The Kier molecular flexibility index (Phi) is 1.58. The molecule has 0 aliphatic heterocycles. The summed E-state index contributed by atoms with van der Waals surface area (Å²) in [6.07, 6.45) is 1.80. The molecular weight excluding hydrogens is 120 g/mol. The molecule has 1 heterocycles. The van der Waals surface area contributed by atoms with Gasteiger partial charge in [0.1, 0.15) is 5.82 Å². The third-order valence-corrected chi connectivity index (χ3v) is 1.20. The number of imidazole rings is 1. The second kappa shape index (κ2) is 2.22. The molecule has 1 aromatic rings. The fraction of sp³-hybridized carbons (Fsp3) is 0.400. The van der Waals surface area contributed by atoms with Gasteiger partial charge in [0.05, 0.1) is 0 Å². The SMILES string of the molecule is Cc1cnc(CS)[nH]1. The van der Waals surface area contributed by atoms with Gasteiger partial charge in [-0.2, -0.15) is 12.6 Å². The summed E-state index contributed by atoms with van der Waals surface area (Å²) in [5, 5.41) is 0. The van der Waals surface area contributed by atoms with E-state index in [1.165, 1.54) is 0 Å². The summed E-state index contributed by atoms with van der Waals surface area (Å²) in [6, 6.07) is 0. The summed E-state index contributed by atoms with van der Waals surface area (Å²) < 4.78 is 0. The molecule has 2 nitrogen and oxygen atoms in total. The zero-order valence-electron chi connectivity index (χ0n) is 4.68. The summed E-state index contributed by atoms with van der Waals surface area (Å²) in [4.78, 5) is 7.04. The number of H-pyrrole nitrogens is 1. The predicted octanol–water partition coefficient (Wildman–Crippen LogP) is 1.15. The Balaban J connectivity index is 2.84. The second-order valence-electron chi connectivity index (χ2n) is 1.67. The summed E-state index contributed by atoms with van der Waals surface area (Å²) >= 11 is 4.03. The van der Waals surface area contributed by atoms with Crippen molar-refractivity contribution in [2.75, 3.05) is 0 Å². The number of rotatable bonds is 1. The van der Waals surface area contributed by atoms with E-state index in [1.807, 2.05) is 6.92 Å². The van der Waals surface area contributed by atoms with Crippen molar-refractivity contribution < 1.29 is 0 Å². The predicted molar refractivity (Wildman–Crippen MR) is 36.0 cm³/mol. The van der Waals surface area contributed by atoms with E-state index in [0.29, 0.717) is 5.75 Å². The Morgan fingerprint density at radius 2 is 2.62 bits per heavy atom. The molecule has 0 fully saturated rings. The van der Waals surface area contributed by atoms with Crippen molar-refractivity contribution in [3.63, 3.8) is 0 Å². The monoisotopic (exact) mass is 128 g/mol. The molecule has 0 aromatic carbocycles. The van der Waals surface area contributed by atoms with Gasteiger partial charge in [-0.15, -0.1) is 0 Å². The van der Waals surface area contributed by atoms with E-state index in [1.54, 1.807) is 6.20 Å². The molecule has 0 aliphatic rings. The number of aryl methyl sites for hydroxylation is 1. The van der Waals surface area contributed by atoms with E-state index in [2.05, 4.69) is 22.6 Å². The molecule has 3 heteroatoms. The first kappa shape index (κ1) is 5.69. The van der Waals surface area contributed by atoms with Crippen LogP contribution in [0.25, 0.3) is 0 Å². The van der Waals surface area contributed by atoms with Gasteiger partial charge in [0, 0.05) is 17.6 Å². The fourth-order valence-electron chi connectivity index (χ4n) is 0.547. The van der Waals surface area contributed by atoms with E-state index in [-0.39, 0.29) is 0 Å². The summed E-state index contributed by atoms with van der Waals surface area (Å²) in [5.74, 6) is 1.62. The first-order chi connectivity index (χ1) is 3.83. The van der Waals surface area contributed by atoms with Crippen molar-refractivity contribution in [1.82, 2.24) is 9.97 Å². The van der Waals surface area contributed by atoms with Crippen molar-refractivity contribution in [1.29, 1.82) is 0 Å². The van der Waals surface area contributed by atoms with Crippen LogP contribution in [0.4, 0.5) is 0 Å². The zero-order valence-corrected chi connectivity index (χ0v) is 5.57. The van der Waals surface area contributed by atoms with Crippen LogP contribution in [0, 0.1) is 6.92 Å². The van der Waals surface area contributed by atoms with Gasteiger partial charge < -0.3 is 4.98 Å². The minimum absolute atomic E-state index is 0.688. The average molecular weight is 128 g/mol. The van der Waals surface area contributed by atoms with Gasteiger partial charge in [-0.05, 0) is 6.92 Å². The number of nitrogens with zero attached hydrogens (tertiary/aromatic N) is 1. The van der Waals surface area contributed by atoms with Crippen LogP contribution in [0.1, 0.15) is 11.5 Å². The highest BCUT2D eigenvalue weighted by Crippen LogP contribution is 1.96. The molecule has 0 atom stereocenters. The lowest BCUT2D eigenvalue weighted by atomic mass is 10.6. The van der Waals surface area contributed by atoms with Crippen LogP contribution in [0.2, 0.25) is 0 Å². The van der Waals surface area contributed by atoms with E-state index >= 15 is 0 Å². The maximum atomic E-state index is 4.03. The van der Waals surface area contributed by atoms with Crippen molar-refractivity contribution in [3.8, 4) is 0 Å². The van der Waals surface area contributed by atoms with Crippen LogP contribution >= 0.6 is 12.6 Å². The topological polar surface area (TPSA) is 28.7 Å². The third-order valence-electron chi connectivity index (χ3n) is 0.905. The first-order valence-corrected chi connectivity index (χ1v) is 3.07. The van der Waals surface area contributed by atoms with Gasteiger partial charge >= 0.3 is 0 Å². The highest BCUT2D eigenvalue weighted by Gasteiger charge is 1.89. The highest BCUT2D eigenvalue weighted by molar-refractivity contribution is 7.79. The number of thiol groups is 1. The Bertz CT molecular complexity index is 171. The molecule has 0 bridgehead atoms. The summed E-state index contributed by atoms with van der Waals surface area (Å²) in [7, 11) is 0. The zero-order chi connectivity index (χ0) is 5.98. The van der Waals surface area contributed by atoms with Crippen molar-refractivity contribution >= 4 is 12.6 Å². The summed E-state index contributed by atoms with van der Waals surface area (Å²) in [6.45, 7) is 1.97. The van der Waals surface area contributed by atoms with Crippen molar-refractivity contribution in [2.24, 2.45) is 0 Å². The van der Waals surface area contributed by atoms with Gasteiger partial charge in [-0.3, -0.25) is 0 Å². The van der Waals surface area contributed by atoms with Gasteiger partial charge in [-0.25, -0.2) is 4.98 Å². The van der Waals surface area contributed by atoms with Crippen LogP contribution in [0.15, 0.2) is 6.20 Å². The third kappa shape index (κ3) is 1.04. The number of hydrogen-bond donors (Lipinski definition) is 2. The van der Waals surface area contributed by atoms with E-state index in [4.69, 9.17) is 0 Å². The maximum absolute atomic E-state index is 4.03. The maximum Gasteiger partial charge on any atom is 0.115 e. The largest absolute Gasteiger partial charge is 0.345 e. The first-order valence-electron chi connectivity index (χ1n) is 2.44. The Morgan fingerprint density at radius 3 is 2.88 bits per heavy atom. The van der Waals surface area contributed by atoms with Crippen LogP contribution in [-0.2, 0) is 5.75 Å². The second-order valence-corrected chi connectivity index (χ2v) is 1.99. The normalized spacial score (nSPS) is 9.75. The number of aromatic amines is 1. The molecule has 0 saturated carbocycles. The smallest absolute Gasteiger partial charge is 0.115 e. The van der Waals surface area contributed by atoms with Gasteiger partial charge in [-0.1, -0.05) is 0 Å². The molecule has 0 saturated heterocycles.